The van der Waals surface area contributed by atoms with E-state index in [4.69, 9.17) is 4.74 Å². The van der Waals surface area contributed by atoms with Crippen molar-refractivity contribution in [2.24, 2.45) is 0 Å². The van der Waals surface area contributed by atoms with E-state index in [0.29, 0.717) is 11.4 Å². The van der Waals surface area contributed by atoms with Crippen molar-refractivity contribution >= 4 is 5.91 Å². The van der Waals surface area contributed by atoms with Crippen LogP contribution in [0.2, 0.25) is 0 Å². The fraction of sp³-hybridized carbons (Fsp3) is 0.538. The number of rotatable bonds is 4. The Labute approximate surface area is 107 Å². The van der Waals surface area contributed by atoms with Crippen LogP contribution in [-0.2, 0) is 0 Å². The maximum atomic E-state index is 12.5. The average Bonchev–Trinajstić information content (AvgIpc) is 2.86. The number of hydrogen-bond donors (Lipinski definition) is 1. The van der Waals surface area contributed by atoms with E-state index in [1.807, 2.05) is 11.9 Å². The number of methoxy groups -OCH3 is 1. The van der Waals surface area contributed by atoms with Crippen molar-refractivity contribution in [2.45, 2.75) is 18.9 Å². The molecule has 0 spiro atoms. The Morgan fingerprint density at radius 2 is 2.50 bits per heavy atom. The first-order chi connectivity index (χ1) is 8.77. The highest BCUT2D eigenvalue weighted by Crippen LogP contribution is 2.23. The number of likely N-dealkylation sites (N-methyl/N-ethyl adjacent to an activating group) is 1. The Balaban J connectivity index is 2.20. The highest BCUT2D eigenvalue weighted by Gasteiger charge is 2.30. The normalized spacial score (nSPS) is 19.0. The van der Waals surface area contributed by atoms with Crippen molar-refractivity contribution in [3.05, 3.63) is 23.9 Å². The van der Waals surface area contributed by atoms with Crippen molar-refractivity contribution in [3.63, 3.8) is 0 Å². The zero-order valence-corrected chi connectivity index (χ0v) is 10.8. The van der Waals surface area contributed by atoms with Crippen LogP contribution in [0.4, 0.5) is 0 Å². The maximum absolute atomic E-state index is 12.5. The summed E-state index contributed by atoms with van der Waals surface area (Å²) in [6.07, 6.45) is 3.74. The van der Waals surface area contributed by atoms with Crippen LogP contribution in [0, 0.1) is 0 Å². The van der Waals surface area contributed by atoms with Gasteiger partial charge in [-0.2, -0.15) is 0 Å². The van der Waals surface area contributed by atoms with Crippen LogP contribution >= 0.6 is 0 Å². The zero-order valence-electron chi connectivity index (χ0n) is 10.8. The van der Waals surface area contributed by atoms with Crippen LogP contribution in [0.15, 0.2) is 18.3 Å². The molecule has 5 heteroatoms. The molecular formula is C13H19N3O2. The molecule has 0 saturated carbocycles. The second-order valence-electron chi connectivity index (χ2n) is 4.41. The first-order valence-electron chi connectivity index (χ1n) is 6.22. The van der Waals surface area contributed by atoms with Gasteiger partial charge >= 0.3 is 0 Å². The van der Waals surface area contributed by atoms with Gasteiger partial charge < -0.3 is 15.0 Å². The molecule has 1 fully saturated rings. The van der Waals surface area contributed by atoms with Gasteiger partial charge in [0, 0.05) is 25.3 Å². The second kappa shape index (κ2) is 5.82. The standard InChI is InChI=1S/C13H19N3O2/c1-14-9-10-5-4-8-16(10)13(17)11-6-3-7-15-12(11)18-2/h3,6-7,10,14H,4-5,8-9H2,1-2H3. The molecule has 1 saturated heterocycles. The largest absolute Gasteiger partial charge is 0.480 e. The Morgan fingerprint density at radius 1 is 1.67 bits per heavy atom. The van der Waals surface area contributed by atoms with Gasteiger partial charge in [-0.1, -0.05) is 0 Å². The van der Waals surface area contributed by atoms with Crippen LogP contribution in [0.3, 0.4) is 0 Å². The van der Waals surface area contributed by atoms with Crippen LogP contribution in [0.1, 0.15) is 23.2 Å². The summed E-state index contributed by atoms with van der Waals surface area (Å²) in [7, 11) is 3.44. The van der Waals surface area contributed by atoms with Gasteiger partial charge in [0.05, 0.1) is 7.11 Å². The monoisotopic (exact) mass is 249 g/mol. The number of ether oxygens (including phenoxy) is 1. The molecule has 1 aliphatic rings. The number of nitrogens with one attached hydrogen (secondary N) is 1. The van der Waals surface area contributed by atoms with Crippen molar-refractivity contribution in [3.8, 4) is 5.88 Å². The van der Waals surface area contributed by atoms with E-state index >= 15 is 0 Å². The molecule has 1 N–H and O–H groups in total. The Morgan fingerprint density at radius 3 is 3.22 bits per heavy atom. The molecule has 5 nitrogen and oxygen atoms in total. The summed E-state index contributed by atoms with van der Waals surface area (Å²) in [4.78, 5) is 18.5. The van der Waals surface area contributed by atoms with E-state index in [9.17, 15) is 4.79 Å². The molecule has 1 aromatic heterocycles. The molecule has 18 heavy (non-hydrogen) atoms. The second-order valence-corrected chi connectivity index (χ2v) is 4.41. The first-order valence-corrected chi connectivity index (χ1v) is 6.22. The van der Waals surface area contributed by atoms with E-state index in [0.717, 1.165) is 25.9 Å². The molecular weight excluding hydrogens is 230 g/mol. The van der Waals surface area contributed by atoms with Gasteiger partial charge in [0.15, 0.2) is 0 Å². The molecule has 0 radical (unpaired) electrons. The van der Waals surface area contributed by atoms with Gasteiger partial charge in [0.2, 0.25) is 5.88 Å². The molecule has 2 rings (SSSR count). The smallest absolute Gasteiger partial charge is 0.259 e. The van der Waals surface area contributed by atoms with E-state index in [1.165, 1.54) is 7.11 Å². The Hall–Kier alpha value is -1.62. The summed E-state index contributed by atoms with van der Waals surface area (Å²) in [5.74, 6) is 0.412. The van der Waals surface area contributed by atoms with Gasteiger partial charge in [-0.05, 0) is 32.0 Å². The number of likely N-dealkylation sites (tertiary alicyclic amines) is 1. The lowest BCUT2D eigenvalue weighted by atomic mass is 10.2. The number of carbonyl (C=O) groups excluding carboxylic acids is 1. The van der Waals surface area contributed by atoms with E-state index in [2.05, 4.69) is 10.3 Å². The Bertz CT molecular complexity index is 422. The predicted octanol–water partition coefficient (Wildman–Crippen LogP) is 0.914. The highest BCUT2D eigenvalue weighted by atomic mass is 16.5. The molecule has 0 bridgehead atoms. The van der Waals surface area contributed by atoms with Crippen molar-refractivity contribution in [2.75, 3.05) is 27.2 Å². The van der Waals surface area contributed by atoms with Crippen molar-refractivity contribution in [1.29, 1.82) is 0 Å². The fourth-order valence-corrected chi connectivity index (χ4v) is 2.42. The number of amides is 1. The summed E-state index contributed by atoms with van der Waals surface area (Å²) in [6, 6.07) is 3.80. The Kier molecular flexibility index (Phi) is 4.15. The molecule has 1 aliphatic heterocycles. The summed E-state index contributed by atoms with van der Waals surface area (Å²) < 4.78 is 5.15. The maximum Gasteiger partial charge on any atom is 0.259 e. The molecule has 2 heterocycles. The minimum atomic E-state index is 0.0118. The lowest BCUT2D eigenvalue weighted by molar-refractivity contribution is 0.0733. The average molecular weight is 249 g/mol. The van der Waals surface area contributed by atoms with Crippen LogP contribution in [0.25, 0.3) is 0 Å². The summed E-state index contributed by atoms with van der Waals surface area (Å²) in [5.41, 5.74) is 0.544. The summed E-state index contributed by atoms with van der Waals surface area (Å²) in [6.45, 7) is 1.64. The predicted molar refractivity (Wildman–Crippen MR) is 68.8 cm³/mol. The number of carbonyl (C=O) groups is 1. The number of aromatic nitrogens is 1. The quantitative estimate of drug-likeness (QED) is 0.862. The fourth-order valence-electron chi connectivity index (χ4n) is 2.42. The number of nitrogens with zero attached hydrogens (tertiary/aromatic N) is 2. The molecule has 1 atom stereocenters. The summed E-state index contributed by atoms with van der Waals surface area (Å²) in [5, 5.41) is 3.13. The lowest BCUT2D eigenvalue weighted by Gasteiger charge is -2.24. The number of pyridine rings is 1. The molecule has 0 aliphatic carbocycles. The topological polar surface area (TPSA) is 54.5 Å². The highest BCUT2D eigenvalue weighted by molar-refractivity contribution is 5.96. The third-order valence-electron chi connectivity index (χ3n) is 3.27. The zero-order chi connectivity index (χ0) is 13.0. The first kappa shape index (κ1) is 12.8. The minimum absolute atomic E-state index is 0.0118. The van der Waals surface area contributed by atoms with Crippen LogP contribution in [-0.4, -0.2) is 49.1 Å². The van der Waals surface area contributed by atoms with Gasteiger partial charge in [-0.15, -0.1) is 0 Å². The van der Waals surface area contributed by atoms with E-state index < -0.39 is 0 Å². The molecule has 1 unspecified atom stereocenters. The van der Waals surface area contributed by atoms with E-state index in [-0.39, 0.29) is 11.9 Å². The summed E-state index contributed by atoms with van der Waals surface area (Å²) >= 11 is 0. The minimum Gasteiger partial charge on any atom is -0.480 e. The van der Waals surface area contributed by atoms with Crippen LogP contribution < -0.4 is 10.1 Å². The SMILES string of the molecule is CNCC1CCCN1C(=O)c1cccnc1OC. The van der Waals surface area contributed by atoms with Crippen LogP contribution in [0.5, 0.6) is 5.88 Å². The van der Waals surface area contributed by atoms with E-state index in [1.54, 1.807) is 18.3 Å². The van der Waals surface area contributed by atoms with Gasteiger partial charge in [-0.3, -0.25) is 4.79 Å². The molecule has 1 aromatic rings. The van der Waals surface area contributed by atoms with Gasteiger partial charge in [0.1, 0.15) is 5.56 Å². The van der Waals surface area contributed by atoms with Crippen molar-refractivity contribution < 1.29 is 9.53 Å². The third kappa shape index (κ3) is 2.46. The van der Waals surface area contributed by atoms with Gasteiger partial charge in [-0.25, -0.2) is 4.98 Å². The van der Waals surface area contributed by atoms with Gasteiger partial charge in [0.25, 0.3) is 5.91 Å². The lowest BCUT2D eigenvalue weighted by Crippen LogP contribution is -2.41. The van der Waals surface area contributed by atoms with Crippen molar-refractivity contribution in [1.82, 2.24) is 15.2 Å². The molecule has 98 valence electrons. The third-order valence-corrected chi connectivity index (χ3v) is 3.27. The molecule has 0 aromatic carbocycles. The molecule has 1 amide bonds. The number of hydrogen-bond acceptors (Lipinski definition) is 4.